The highest BCUT2D eigenvalue weighted by Crippen LogP contribution is 2.27. The van der Waals surface area contributed by atoms with Gasteiger partial charge in [-0.05, 0) is 88.2 Å². The Morgan fingerprint density at radius 2 is 1.34 bits per heavy atom. The molecule has 296 valence electrons. The quantitative estimate of drug-likeness (QED) is 0.0964. The Labute approximate surface area is 323 Å². The highest BCUT2D eigenvalue weighted by Gasteiger charge is 2.31. The number of carbonyl (C=O) groups excluding carboxylic acids is 2. The molecule has 4 heterocycles. The summed E-state index contributed by atoms with van der Waals surface area (Å²) in [5.41, 5.74) is 23.4. The zero-order chi connectivity index (χ0) is 41.7. The van der Waals surface area contributed by atoms with Crippen molar-refractivity contribution in [3.63, 3.8) is 0 Å². The highest BCUT2D eigenvalue weighted by molar-refractivity contribution is 5.93. The maximum absolute atomic E-state index is 12.3. The van der Waals surface area contributed by atoms with Crippen LogP contribution in [0.4, 0.5) is 13.2 Å². The van der Waals surface area contributed by atoms with Crippen molar-refractivity contribution in [2.45, 2.75) is 54.8 Å². The van der Waals surface area contributed by atoms with Crippen molar-refractivity contribution >= 4 is 23.5 Å². The molecule has 0 aliphatic heterocycles. The van der Waals surface area contributed by atoms with Crippen LogP contribution in [0.1, 0.15) is 65.6 Å². The van der Waals surface area contributed by atoms with Gasteiger partial charge in [0.25, 0.3) is 5.91 Å². The molecule has 0 spiro atoms. The number of aromatic nitrogens is 6. The van der Waals surface area contributed by atoms with Crippen molar-refractivity contribution in [1.82, 2.24) is 34.5 Å². The third-order valence-corrected chi connectivity index (χ3v) is 7.18. The summed E-state index contributed by atoms with van der Waals surface area (Å²) in [5, 5.41) is 11.5. The fourth-order valence-corrected chi connectivity index (χ4v) is 4.79. The molecule has 0 aliphatic rings. The molecule has 0 bridgehead atoms. The van der Waals surface area contributed by atoms with Crippen LogP contribution >= 0.6 is 0 Å². The predicted octanol–water partition coefficient (Wildman–Crippen LogP) is 7.06. The van der Waals surface area contributed by atoms with Gasteiger partial charge >= 0.3 is 6.36 Å². The molecule has 16 heteroatoms. The minimum absolute atomic E-state index is 0.296. The second-order valence-corrected chi connectivity index (χ2v) is 13.0. The Hall–Kier alpha value is -6.71. The molecule has 6 rings (SSSR count). The summed E-state index contributed by atoms with van der Waals surface area (Å²) in [6, 6.07) is 20.5. The standard InChI is InChI=1S/C15H10F3N3O2.C15H14N4O.C6H13N3.C4H10/c1-9-13(8-22)21-14(19-9)6-5-12(20-21)10-3-2-4-11(7-10)23-15(16,17)18;1-9-4-3-5-11(8-9)12-6-7-13-17-10(2)14(15(16)20)19(13)18-12;1-5(7)3-4-6(8)9-2;1-4(2)3/h2-8H,1H3;3-8H,1-2H3,(H2,16,20);3-4,9H,7-8H2,1-2H3;4H,1-3H3/b;;5-3-,6-4+;. The van der Waals surface area contributed by atoms with E-state index in [2.05, 4.69) is 51.0 Å². The molecule has 2 aromatic carbocycles. The zero-order valence-electron chi connectivity index (χ0n) is 32.5. The van der Waals surface area contributed by atoms with E-state index in [1.54, 1.807) is 58.2 Å². The number of hydrogen-bond acceptors (Lipinski definition) is 10. The van der Waals surface area contributed by atoms with Gasteiger partial charge in [-0.2, -0.15) is 10.2 Å². The number of aldehydes is 1. The van der Waals surface area contributed by atoms with Gasteiger partial charge in [0.2, 0.25) is 0 Å². The molecular formula is C40H47F3N10O3. The maximum atomic E-state index is 12.3. The van der Waals surface area contributed by atoms with Gasteiger partial charge in [-0.15, -0.1) is 13.2 Å². The van der Waals surface area contributed by atoms with Gasteiger partial charge in [-0.1, -0.05) is 56.7 Å². The molecule has 0 atom stereocenters. The molecule has 0 unspecified atom stereocenters. The summed E-state index contributed by atoms with van der Waals surface area (Å²) < 4.78 is 43.7. The van der Waals surface area contributed by atoms with Crippen LogP contribution in [-0.4, -0.2) is 54.8 Å². The van der Waals surface area contributed by atoms with E-state index < -0.39 is 12.3 Å². The molecular weight excluding hydrogens is 726 g/mol. The maximum Gasteiger partial charge on any atom is 0.573 e. The van der Waals surface area contributed by atoms with Crippen LogP contribution in [0.25, 0.3) is 33.8 Å². The van der Waals surface area contributed by atoms with Crippen molar-refractivity contribution in [3.05, 3.63) is 125 Å². The lowest BCUT2D eigenvalue weighted by Crippen LogP contribution is -2.17. The third kappa shape index (κ3) is 12.7. The average molecular weight is 773 g/mol. The number of ether oxygens (including phenoxy) is 1. The van der Waals surface area contributed by atoms with Crippen LogP contribution in [0.5, 0.6) is 5.75 Å². The van der Waals surface area contributed by atoms with Gasteiger partial charge in [0.1, 0.15) is 11.4 Å². The van der Waals surface area contributed by atoms with Crippen molar-refractivity contribution in [3.8, 4) is 28.3 Å². The number of carbonyl (C=O) groups is 2. The molecule has 56 heavy (non-hydrogen) atoms. The third-order valence-electron chi connectivity index (χ3n) is 7.18. The van der Waals surface area contributed by atoms with Crippen LogP contribution in [0.2, 0.25) is 0 Å². The molecule has 6 aromatic rings. The van der Waals surface area contributed by atoms with E-state index in [1.807, 2.05) is 43.3 Å². The number of allylic oxidation sites excluding steroid dienone is 3. The molecule has 0 radical (unpaired) electrons. The number of rotatable bonds is 7. The Bertz CT molecular complexity index is 2340. The number of benzene rings is 2. The summed E-state index contributed by atoms with van der Waals surface area (Å²) in [7, 11) is 1.76. The highest BCUT2D eigenvalue weighted by atomic mass is 19.4. The molecule has 4 aromatic heterocycles. The Morgan fingerprint density at radius 1 is 0.804 bits per heavy atom. The predicted molar refractivity (Wildman–Crippen MR) is 211 cm³/mol. The van der Waals surface area contributed by atoms with Crippen LogP contribution in [0.15, 0.2) is 96.5 Å². The largest absolute Gasteiger partial charge is 0.573 e. The average Bonchev–Trinajstić information content (AvgIpc) is 3.63. The SMILES string of the molecule is CC(C)C.CN/C(N)=C/C=C(/C)N.Cc1cccc(-c2ccc3nc(C)c(C(N)=O)n3n2)c1.Cc1nc2ccc(-c3cccc(OC(F)(F)F)c3)nn2c1C=O. The number of hydrogen-bond donors (Lipinski definition) is 4. The first kappa shape index (κ1) is 43.7. The van der Waals surface area contributed by atoms with Gasteiger partial charge in [-0.25, -0.2) is 19.0 Å². The number of primary amides is 1. The molecule has 0 saturated carbocycles. The number of nitrogens with one attached hydrogen (secondary N) is 1. The number of fused-ring (bicyclic) bond motifs is 2. The Balaban J connectivity index is 0.000000232. The molecule has 13 nitrogen and oxygen atoms in total. The topological polar surface area (TPSA) is 194 Å². The van der Waals surface area contributed by atoms with Gasteiger partial charge in [0, 0.05) is 23.9 Å². The zero-order valence-corrected chi connectivity index (χ0v) is 32.5. The molecule has 0 fully saturated rings. The smallest absolute Gasteiger partial charge is 0.406 e. The van der Waals surface area contributed by atoms with E-state index in [-0.39, 0.29) is 5.75 Å². The Morgan fingerprint density at radius 3 is 1.86 bits per heavy atom. The van der Waals surface area contributed by atoms with Crippen molar-refractivity contribution < 1.29 is 27.5 Å². The van der Waals surface area contributed by atoms with Crippen molar-refractivity contribution in [2.24, 2.45) is 23.1 Å². The number of nitrogens with zero attached hydrogens (tertiary/aromatic N) is 6. The van der Waals surface area contributed by atoms with E-state index in [9.17, 15) is 22.8 Å². The van der Waals surface area contributed by atoms with E-state index in [0.717, 1.165) is 28.4 Å². The number of amides is 1. The van der Waals surface area contributed by atoms with Crippen LogP contribution < -0.4 is 27.3 Å². The van der Waals surface area contributed by atoms with Gasteiger partial charge < -0.3 is 27.3 Å². The fraction of sp³-hybridized carbons (Fsp3) is 0.250. The minimum Gasteiger partial charge on any atom is -0.406 e. The number of alkyl halides is 3. The Kier molecular flexibility index (Phi) is 15.3. The van der Waals surface area contributed by atoms with E-state index in [0.29, 0.717) is 57.4 Å². The van der Waals surface area contributed by atoms with Crippen molar-refractivity contribution in [2.75, 3.05) is 7.05 Å². The van der Waals surface area contributed by atoms with E-state index in [1.165, 1.54) is 27.2 Å². The number of halogens is 3. The first-order chi connectivity index (χ1) is 26.3. The second-order valence-electron chi connectivity index (χ2n) is 13.0. The van der Waals surface area contributed by atoms with Gasteiger partial charge in [-0.3, -0.25) is 9.59 Å². The summed E-state index contributed by atoms with van der Waals surface area (Å²) >= 11 is 0. The molecule has 0 saturated heterocycles. The summed E-state index contributed by atoms with van der Waals surface area (Å²) in [6.45, 7) is 13.8. The first-order valence-electron chi connectivity index (χ1n) is 17.3. The van der Waals surface area contributed by atoms with E-state index in [4.69, 9.17) is 17.2 Å². The lowest BCUT2D eigenvalue weighted by Gasteiger charge is -2.10. The molecule has 0 aliphatic carbocycles. The summed E-state index contributed by atoms with van der Waals surface area (Å²) in [4.78, 5) is 31.1. The lowest BCUT2D eigenvalue weighted by atomic mass is 10.1. The first-order valence-corrected chi connectivity index (χ1v) is 17.3. The molecule has 1 amide bonds. The number of imidazole rings is 2. The normalized spacial score (nSPS) is 11.5. The monoisotopic (exact) mass is 772 g/mol. The van der Waals surface area contributed by atoms with Crippen molar-refractivity contribution in [1.29, 1.82) is 0 Å². The van der Waals surface area contributed by atoms with E-state index >= 15 is 0 Å². The molecule has 7 N–H and O–H groups in total. The van der Waals surface area contributed by atoms with Crippen LogP contribution in [0, 0.1) is 26.7 Å². The minimum atomic E-state index is -4.76. The van der Waals surface area contributed by atoms with Gasteiger partial charge in [0.15, 0.2) is 23.3 Å². The number of aryl methyl sites for hydroxylation is 3. The summed E-state index contributed by atoms with van der Waals surface area (Å²) in [6.07, 6.45) is -0.668. The summed E-state index contributed by atoms with van der Waals surface area (Å²) in [5.74, 6) is 0.581. The number of nitrogens with two attached hydrogens (primary N) is 3. The lowest BCUT2D eigenvalue weighted by molar-refractivity contribution is -0.274. The second kappa shape index (κ2) is 19.6. The van der Waals surface area contributed by atoms with Gasteiger partial charge in [0.05, 0.1) is 28.6 Å². The van der Waals surface area contributed by atoms with Crippen LogP contribution in [-0.2, 0) is 0 Å². The fourth-order valence-electron chi connectivity index (χ4n) is 4.79. The van der Waals surface area contributed by atoms with Crippen LogP contribution in [0.3, 0.4) is 0 Å².